The van der Waals surface area contributed by atoms with Crippen LogP contribution in [-0.2, 0) is 0 Å². The Balaban J connectivity index is 1.20. The zero-order valence-electron chi connectivity index (χ0n) is 25.5. The smallest absolute Gasteiger partial charge is 0.137 e. The predicted molar refractivity (Wildman–Crippen MR) is 196 cm³/mol. The van der Waals surface area contributed by atoms with Crippen molar-refractivity contribution in [3.05, 3.63) is 176 Å². The van der Waals surface area contributed by atoms with Gasteiger partial charge in [-0.2, -0.15) is 0 Å². The topological polar surface area (TPSA) is 32.5 Å². The third-order valence-electron chi connectivity index (χ3n) is 8.83. The van der Waals surface area contributed by atoms with Gasteiger partial charge in [-0.3, -0.25) is 4.90 Å². The molecule has 0 aliphatic rings. The molecule has 222 valence electrons. The van der Waals surface area contributed by atoms with Crippen LogP contribution in [0.1, 0.15) is 0 Å². The summed E-state index contributed by atoms with van der Waals surface area (Å²) in [5, 5.41) is 7.01. The minimum absolute atomic E-state index is 0.849. The fourth-order valence-corrected chi connectivity index (χ4v) is 6.68. The zero-order chi connectivity index (χ0) is 31.2. The minimum atomic E-state index is 0.849. The molecular weight excluding hydrogens is 574 g/mol. The van der Waals surface area contributed by atoms with Crippen molar-refractivity contribution in [1.29, 1.82) is 0 Å². The summed E-state index contributed by atoms with van der Waals surface area (Å²) in [6, 6.07) is 59.5. The molecule has 2 aromatic heterocycles. The van der Waals surface area contributed by atoms with Gasteiger partial charge in [0.05, 0.1) is 0 Å². The van der Waals surface area contributed by atoms with Crippen LogP contribution in [0.15, 0.2) is 180 Å². The summed E-state index contributed by atoms with van der Waals surface area (Å²) in [6.07, 6.45) is 1.85. The van der Waals surface area contributed by atoms with Gasteiger partial charge in [0, 0.05) is 45.4 Å². The van der Waals surface area contributed by atoms with Gasteiger partial charge in [0.2, 0.25) is 0 Å². The summed E-state index contributed by atoms with van der Waals surface area (Å²) >= 11 is 0. The first-order valence-electron chi connectivity index (χ1n) is 15.8. The average molecular weight is 604 g/mol. The molecule has 4 heteroatoms. The summed E-state index contributed by atoms with van der Waals surface area (Å²) in [4.78, 5) is 9.33. The quantitative estimate of drug-likeness (QED) is 0.177. The summed E-state index contributed by atoms with van der Waals surface area (Å²) in [6.45, 7) is 0. The largest absolute Gasteiger partial charge is 0.456 e. The van der Waals surface area contributed by atoms with Crippen LogP contribution >= 0.6 is 0 Å². The molecule has 0 spiro atoms. The zero-order valence-corrected chi connectivity index (χ0v) is 25.5. The maximum Gasteiger partial charge on any atom is 0.137 e. The predicted octanol–water partition coefficient (Wildman–Crippen LogP) is 12.2. The molecule has 0 saturated heterocycles. The second kappa shape index (κ2) is 11.2. The van der Waals surface area contributed by atoms with Gasteiger partial charge in [0.1, 0.15) is 17.0 Å². The van der Waals surface area contributed by atoms with Crippen LogP contribution in [0.4, 0.5) is 34.3 Å². The third kappa shape index (κ3) is 4.75. The van der Waals surface area contributed by atoms with E-state index in [1.54, 1.807) is 0 Å². The van der Waals surface area contributed by atoms with Crippen LogP contribution < -0.4 is 9.80 Å². The number of para-hydroxylation sites is 3. The van der Waals surface area contributed by atoms with Crippen molar-refractivity contribution in [3.8, 4) is 0 Å². The van der Waals surface area contributed by atoms with Gasteiger partial charge < -0.3 is 9.32 Å². The van der Waals surface area contributed by atoms with Crippen molar-refractivity contribution in [2.75, 3.05) is 9.80 Å². The lowest BCUT2D eigenvalue weighted by molar-refractivity contribution is 0.669. The lowest BCUT2D eigenvalue weighted by atomic mass is 9.99. The van der Waals surface area contributed by atoms with Crippen molar-refractivity contribution >= 4 is 77.7 Å². The molecule has 0 radical (unpaired) electrons. The van der Waals surface area contributed by atoms with E-state index < -0.39 is 0 Å². The number of nitrogens with zero attached hydrogens (tertiary/aromatic N) is 3. The molecule has 0 aliphatic carbocycles. The van der Waals surface area contributed by atoms with Gasteiger partial charge in [-0.1, -0.05) is 84.9 Å². The third-order valence-corrected chi connectivity index (χ3v) is 8.83. The first kappa shape index (κ1) is 27.0. The fraction of sp³-hybridized carbons (Fsp3) is 0. The van der Waals surface area contributed by atoms with E-state index in [2.05, 4.69) is 155 Å². The van der Waals surface area contributed by atoms with Gasteiger partial charge >= 0.3 is 0 Å². The molecule has 2 heterocycles. The van der Waals surface area contributed by atoms with Gasteiger partial charge in [0.25, 0.3) is 0 Å². The molecule has 0 N–H and O–H groups in total. The maximum atomic E-state index is 6.19. The van der Waals surface area contributed by atoms with E-state index in [0.717, 1.165) is 67.0 Å². The molecule has 47 heavy (non-hydrogen) atoms. The molecule has 0 unspecified atom stereocenters. The fourth-order valence-electron chi connectivity index (χ4n) is 6.68. The van der Waals surface area contributed by atoms with Crippen molar-refractivity contribution in [3.63, 3.8) is 0 Å². The van der Waals surface area contributed by atoms with Gasteiger partial charge in [-0.25, -0.2) is 4.98 Å². The molecule has 0 aliphatic heterocycles. The number of hydrogen-bond acceptors (Lipinski definition) is 4. The molecule has 4 nitrogen and oxygen atoms in total. The van der Waals surface area contributed by atoms with E-state index >= 15 is 0 Å². The number of hydrogen-bond donors (Lipinski definition) is 0. The number of fused-ring (bicyclic) bond motifs is 6. The number of furan rings is 1. The number of benzene rings is 7. The van der Waals surface area contributed by atoms with Crippen molar-refractivity contribution in [2.45, 2.75) is 0 Å². The Morgan fingerprint density at radius 3 is 1.74 bits per heavy atom. The molecule has 9 rings (SSSR count). The van der Waals surface area contributed by atoms with Gasteiger partial charge in [-0.15, -0.1) is 0 Å². The molecule has 0 amide bonds. The monoisotopic (exact) mass is 603 g/mol. The highest BCUT2D eigenvalue weighted by molar-refractivity contribution is 6.16. The minimum Gasteiger partial charge on any atom is -0.456 e. The van der Waals surface area contributed by atoms with E-state index in [1.165, 1.54) is 10.8 Å². The summed E-state index contributed by atoms with van der Waals surface area (Å²) in [7, 11) is 0. The lowest BCUT2D eigenvalue weighted by Crippen LogP contribution is -2.13. The summed E-state index contributed by atoms with van der Waals surface area (Å²) in [5.74, 6) is 0.849. The molecule has 0 bridgehead atoms. The van der Waals surface area contributed by atoms with E-state index in [0.29, 0.717) is 0 Å². The normalized spacial score (nSPS) is 11.4. The molecular formula is C43H29N3O. The van der Waals surface area contributed by atoms with Crippen LogP contribution in [0.3, 0.4) is 0 Å². The Hall–Kier alpha value is -6.39. The Morgan fingerprint density at radius 1 is 0.362 bits per heavy atom. The highest BCUT2D eigenvalue weighted by atomic mass is 16.3. The van der Waals surface area contributed by atoms with Crippen molar-refractivity contribution < 1.29 is 4.42 Å². The van der Waals surface area contributed by atoms with E-state index in [1.807, 2.05) is 30.5 Å². The Kier molecular flexibility index (Phi) is 6.43. The van der Waals surface area contributed by atoms with Crippen LogP contribution in [0.25, 0.3) is 43.5 Å². The molecule has 7 aromatic carbocycles. The van der Waals surface area contributed by atoms with Crippen LogP contribution in [-0.4, -0.2) is 4.98 Å². The standard InChI is InChI=1S/C43H29N3O/c1-3-12-32(13-4-1)45(33-14-5-2-6-15-33)34-16-11-17-35(28-34)46(43-20-9-10-25-44-43)36-23-24-37-30(26-36)21-22-31-27-42-40(29-39(31)37)38-18-7-8-19-41(38)47-42/h1-29H. The van der Waals surface area contributed by atoms with Crippen LogP contribution in [0, 0.1) is 0 Å². The van der Waals surface area contributed by atoms with E-state index in [4.69, 9.17) is 9.40 Å². The van der Waals surface area contributed by atoms with Crippen molar-refractivity contribution in [2.24, 2.45) is 0 Å². The first-order valence-corrected chi connectivity index (χ1v) is 15.8. The summed E-state index contributed by atoms with van der Waals surface area (Å²) < 4.78 is 6.19. The Bertz CT molecular complexity index is 2490. The molecule has 9 aromatic rings. The number of anilines is 6. The number of aromatic nitrogens is 1. The summed E-state index contributed by atoms with van der Waals surface area (Å²) in [5.41, 5.74) is 7.13. The SMILES string of the molecule is c1ccc(N(c2ccccc2)c2cccc(N(c3ccc4c(ccc5cc6oc7ccccc7c6cc54)c3)c3ccccn3)c2)cc1. The second-order valence-corrected chi connectivity index (χ2v) is 11.7. The number of rotatable bonds is 6. The van der Waals surface area contributed by atoms with E-state index in [-0.39, 0.29) is 0 Å². The maximum absolute atomic E-state index is 6.19. The molecule has 0 saturated carbocycles. The first-order chi connectivity index (χ1) is 23.3. The van der Waals surface area contributed by atoms with Gasteiger partial charge in [-0.05, 0) is 106 Å². The van der Waals surface area contributed by atoms with E-state index in [9.17, 15) is 0 Å². The Morgan fingerprint density at radius 2 is 1.00 bits per heavy atom. The molecule has 0 atom stereocenters. The highest BCUT2D eigenvalue weighted by Gasteiger charge is 2.18. The van der Waals surface area contributed by atoms with Crippen molar-refractivity contribution in [1.82, 2.24) is 4.98 Å². The second-order valence-electron chi connectivity index (χ2n) is 11.7. The van der Waals surface area contributed by atoms with Crippen LogP contribution in [0.5, 0.6) is 0 Å². The van der Waals surface area contributed by atoms with Gasteiger partial charge in [0.15, 0.2) is 0 Å². The Labute approximate surface area is 272 Å². The van der Waals surface area contributed by atoms with Crippen LogP contribution in [0.2, 0.25) is 0 Å². The lowest BCUT2D eigenvalue weighted by Gasteiger charge is -2.29. The average Bonchev–Trinajstić information content (AvgIpc) is 3.50. The number of pyridine rings is 1. The molecule has 0 fully saturated rings. The highest BCUT2D eigenvalue weighted by Crippen LogP contribution is 2.41.